The van der Waals surface area contributed by atoms with Gasteiger partial charge in [-0.1, -0.05) is 0 Å². The smallest absolute Gasteiger partial charge is 0.225 e. The number of rotatable bonds is 2. The third-order valence-corrected chi connectivity index (χ3v) is 3.51. The van der Waals surface area contributed by atoms with E-state index in [0.717, 1.165) is 12.8 Å². The maximum absolute atomic E-state index is 12.1. The molecule has 5 heteroatoms. The molecule has 0 unspecified atom stereocenters. The highest BCUT2D eigenvalue weighted by Crippen LogP contribution is 2.32. The van der Waals surface area contributed by atoms with Crippen molar-refractivity contribution in [2.24, 2.45) is 17.6 Å². The van der Waals surface area contributed by atoms with Crippen molar-refractivity contribution in [2.75, 3.05) is 26.3 Å². The van der Waals surface area contributed by atoms with Crippen LogP contribution in [0.15, 0.2) is 0 Å². The van der Waals surface area contributed by atoms with Crippen LogP contribution in [0, 0.1) is 11.8 Å². The molecule has 2 fully saturated rings. The molecule has 2 aliphatic rings. The first-order valence-electron chi connectivity index (χ1n) is 5.84. The zero-order chi connectivity index (χ0) is 11.5. The maximum atomic E-state index is 12.1. The van der Waals surface area contributed by atoms with Crippen molar-refractivity contribution in [2.45, 2.75) is 19.3 Å². The Hall–Kier alpha value is -1.10. The molecule has 1 saturated heterocycles. The maximum Gasteiger partial charge on any atom is 0.225 e. The van der Waals surface area contributed by atoms with Gasteiger partial charge in [-0.15, -0.1) is 0 Å². The molecule has 16 heavy (non-hydrogen) atoms. The summed E-state index contributed by atoms with van der Waals surface area (Å²) in [4.78, 5) is 25.0. The first-order valence-corrected chi connectivity index (χ1v) is 5.84. The van der Waals surface area contributed by atoms with Crippen molar-refractivity contribution in [3.63, 3.8) is 0 Å². The molecule has 0 aromatic heterocycles. The van der Waals surface area contributed by atoms with Crippen LogP contribution < -0.4 is 5.73 Å². The van der Waals surface area contributed by atoms with Crippen LogP contribution in [0.3, 0.4) is 0 Å². The fourth-order valence-corrected chi connectivity index (χ4v) is 2.51. The van der Waals surface area contributed by atoms with Crippen LogP contribution in [0.4, 0.5) is 0 Å². The molecule has 5 nitrogen and oxygen atoms in total. The number of carbonyl (C=O) groups is 2. The number of nitrogens with two attached hydrogens (primary N) is 1. The van der Waals surface area contributed by atoms with Gasteiger partial charge in [0.2, 0.25) is 11.8 Å². The van der Waals surface area contributed by atoms with Crippen LogP contribution in [0.25, 0.3) is 0 Å². The first-order chi connectivity index (χ1) is 7.68. The lowest BCUT2D eigenvalue weighted by Gasteiger charge is -2.29. The predicted molar refractivity (Wildman–Crippen MR) is 57.4 cm³/mol. The first kappa shape index (κ1) is 11.4. The number of hydrogen-bond acceptors (Lipinski definition) is 3. The summed E-state index contributed by atoms with van der Waals surface area (Å²) < 4.78 is 5.20. The highest BCUT2D eigenvalue weighted by atomic mass is 16.5. The van der Waals surface area contributed by atoms with Crippen molar-refractivity contribution in [1.82, 2.24) is 4.90 Å². The number of hydrogen-bond donors (Lipinski definition) is 1. The summed E-state index contributed by atoms with van der Waals surface area (Å²) in [5.74, 6) is -0.199. The van der Waals surface area contributed by atoms with Gasteiger partial charge < -0.3 is 15.4 Å². The van der Waals surface area contributed by atoms with Gasteiger partial charge in [-0.2, -0.15) is 0 Å². The molecule has 0 aromatic carbocycles. The van der Waals surface area contributed by atoms with E-state index in [1.54, 1.807) is 0 Å². The summed E-state index contributed by atoms with van der Waals surface area (Å²) in [6.07, 6.45) is 2.19. The van der Waals surface area contributed by atoms with Crippen molar-refractivity contribution in [3.8, 4) is 0 Å². The summed E-state index contributed by atoms with van der Waals surface area (Å²) in [5.41, 5.74) is 5.25. The minimum Gasteiger partial charge on any atom is -0.378 e. The Bertz CT molecular complexity index is 287. The van der Waals surface area contributed by atoms with Crippen molar-refractivity contribution < 1.29 is 14.3 Å². The van der Waals surface area contributed by atoms with Crippen molar-refractivity contribution in [1.29, 1.82) is 0 Å². The number of primary amides is 1. The summed E-state index contributed by atoms with van der Waals surface area (Å²) in [6, 6.07) is 0. The molecule has 0 radical (unpaired) electrons. The van der Waals surface area contributed by atoms with Gasteiger partial charge in [-0.05, 0) is 19.3 Å². The highest BCUT2D eigenvalue weighted by molar-refractivity contribution is 5.82. The third kappa shape index (κ3) is 2.35. The Morgan fingerprint density at radius 1 is 1.12 bits per heavy atom. The van der Waals surface area contributed by atoms with Crippen LogP contribution in [0.5, 0.6) is 0 Å². The number of amides is 2. The topological polar surface area (TPSA) is 72.6 Å². The van der Waals surface area contributed by atoms with E-state index in [4.69, 9.17) is 10.5 Å². The molecule has 1 heterocycles. The highest BCUT2D eigenvalue weighted by Gasteiger charge is 2.35. The van der Waals surface area contributed by atoms with E-state index in [2.05, 4.69) is 0 Å². The van der Waals surface area contributed by atoms with Gasteiger partial charge in [-0.3, -0.25) is 9.59 Å². The minimum atomic E-state index is -0.266. The zero-order valence-electron chi connectivity index (χ0n) is 9.35. The molecule has 2 rings (SSSR count). The van der Waals surface area contributed by atoms with E-state index in [0.29, 0.717) is 32.7 Å². The third-order valence-electron chi connectivity index (χ3n) is 3.51. The molecule has 1 saturated carbocycles. The number of carbonyl (C=O) groups excluding carboxylic acids is 2. The van der Waals surface area contributed by atoms with Gasteiger partial charge in [0.05, 0.1) is 13.2 Å². The molecule has 90 valence electrons. The lowest BCUT2D eigenvalue weighted by atomic mass is 10.0. The monoisotopic (exact) mass is 226 g/mol. The number of nitrogens with zero attached hydrogens (tertiary/aromatic N) is 1. The Morgan fingerprint density at radius 2 is 1.75 bits per heavy atom. The predicted octanol–water partition coefficient (Wildman–Crippen LogP) is -0.253. The summed E-state index contributed by atoms with van der Waals surface area (Å²) in [6.45, 7) is 2.60. The molecule has 2 atom stereocenters. The molecular weight excluding hydrogens is 208 g/mol. The fourth-order valence-electron chi connectivity index (χ4n) is 2.51. The molecule has 2 N–H and O–H groups in total. The molecule has 0 bridgehead atoms. The second-order valence-electron chi connectivity index (χ2n) is 4.55. The summed E-state index contributed by atoms with van der Waals surface area (Å²) >= 11 is 0. The van der Waals surface area contributed by atoms with Crippen LogP contribution in [-0.4, -0.2) is 43.0 Å². The van der Waals surface area contributed by atoms with Gasteiger partial charge in [0, 0.05) is 24.9 Å². The molecule has 1 aliphatic heterocycles. The second kappa shape index (κ2) is 4.82. The minimum absolute atomic E-state index is 0.00407. The standard InChI is InChI=1S/C11H18N2O3/c12-10(14)8-1-2-9(7-8)11(15)13-3-5-16-6-4-13/h8-9H,1-7H2,(H2,12,14)/t8-,9+/m1/s1. The number of morpholine rings is 1. The largest absolute Gasteiger partial charge is 0.378 e. The second-order valence-corrected chi connectivity index (χ2v) is 4.55. The fraction of sp³-hybridized carbons (Fsp3) is 0.818. The Balaban J connectivity index is 1.88. The molecular formula is C11H18N2O3. The van der Waals surface area contributed by atoms with Crippen LogP contribution in [0.2, 0.25) is 0 Å². The zero-order valence-corrected chi connectivity index (χ0v) is 9.35. The van der Waals surface area contributed by atoms with Gasteiger partial charge in [0.1, 0.15) is 0 Å². The van der Waals surface area contributed by atoms with E-state index in [-0.39, 0.29) is 23.7 Å². The molecule has 0 aromatic rings. The Morgan fingerprint density at radius 3 is 2.31 bits per heavy atom. The van der Waals surface area contributed by atoms with E-state index in [1.165, 1.54) is 0 Å². The average Bonchev–Trinajstić information content (AvgIpc) is 2.78. The molecule has 1 aliphatic carbocycles. The SMILES string of the molecule is NC(=O)[C@@H]1CC[C@H](C(=O)N2CCOCC2)C1. The average molecular weight is 226 g/mol. The normalized spacial score (nSPS) is 30.4. The van der Waals surface area contributed by atoms with Crippen LogP contribution >= 0.6 is 0 Å². The lowest BCUT2D eigenvalue weighted by molar-refractivity contribution is -0.139. The lowest BCUT2D eigenvalue weighted by Crippen LogP contribution is -2.43. The molecule has 0 spiro atoms. The number of ether oxygens (including phenoxy) is 1. The van der Waals surface area contributed by atoms with Gasteiger partial charge in [-0.25, -0.2) is 0 Å². The van der Waals surface area contributed by atoms with Crippen molar-refractivity contribution >= 4 is 11.8 Å². The molecule has 2 amide bonds. The van der Waals surface area contributed by atoms with Gasteiger partial charge in [0.15, 0.2) is 0 Å². The quantitative estimate of drug-likeness (QED) is 0.705. The van der Waals surface area contributed by atoms with Crippen molar-refractivity contribution in [3.05, 3.63) is 0 Å². The Labute approximate surface area is 94.9 Å². The van der Waals surface area contributed by atoms with E-state index >= 15 is 0 Å². The van der Waals surface area contributed by atoms with Crippen LogP contribution in [0.1, 0.15) is 19.3 Å². The van der Waals surface area contributed by atoms with E-state index in [9.17, 15) is 9.59 Å². The van der Waals surface area contributed by atoms with Gasteiger partial charge in [0.25, 0.3) is 0 Å². The van der Waals surface area contributed by atoms with E-state index < -0.39 is 0 Å². The Kier molecular flexibility index (Phi) is 3.43. The summed E-state index contributed by atoms with van der Waals surface area (Å²) in [7, 11) is 0. The van der Waals surface area contributed by atoms with Crippen LogP contribution in [-0.2, 0) is 14.3 Å². The summed E-state index contributed by atoms with van der Waals surface area (Å²) in [5, 5.41) is 0. The van der Waals surface area contributed by atoms with E-state index in [1.807, 2.05) is 4.90 Å². The van der Waals surface area contributed by atoms with Gasteiger partial charge >= 0.3 is 0 Å².